The third-order valence-electron chi connectivity index (χ3n) is 2.39. The molecule has 0 radical (unpaired) electrons. The van der Waals surface area contributed by atoms with Crippen LogP contribution in [0, 0.1) is 0 Å². The molecule has 0 aliphatic heterocycles. The molecule has 0 saturated heterocycles. The summed E-state index contributed by atoms with van der Waals surface area (Å²) in [7, 11) is 1.94. The van der Waals surface area contributed by atoms with Gasteiger partial charge in [0, 0.05) is 26.4 Å². The van der Waals surface area contributed by atoms with E-state index < -0.39 is 0 Å². The van der Waals surface area contributed by atoms with Crippen LogP contribution in [0.5, 0.6) is 0 Å². The molecule has 0 unspecified atom stereocenters. The average molecular weight is 211 g/mol. The van der Waals surface area contributed by atoms with Gasteiger partial charge in [0.15, 0.2) is 0 Å². The lowest BCUT2D eigenvalue weighted by Gasteiger charge is -2.04. The Bertz CT molecular complexity index is 283. The van der Waals surface area contributed by atoms with E-state index in [4.69, 9.17) is 5.11 Å². The fourth-order valence-electron chi connectivity index (χ4n) is 1.58. The van der Waals surface area contributed by atoms with Gasteiger partial charge in [-0.05, 0) is 25.7 Å². The minimum atomic E-state index is 0.299. The molecule has 0 saturated carbocycles. The molecule has 1 rings (SSSR count). The van der Waals surface area contributed by atoms with E-state index in [0.717, 1.165) is 43.6 Å². The van der Waals surface area contributed by atoms with E-state index in [0.29, 0.717) is 6.61 Å². The smallest absolute Gasteiger partial charge is 0.0853 e. The minimum absolute atomic E-state index is 0.299. The van der Waals surface area contributed by atoms with Crippen molar-refractivity contribution in [3.8, 4) is 0 Å². The van der Waals surface area contributed by atoms with Gasteiger partial charge in [-0.25, -0.2) is 0 Å². The topological polar surface area (TPSA) is 50.1 Å². The Labute approximate surface area is 91.3 Å². The third kappa shape index (κ3) is 3.91. The molecule has 4 heteroatoms. The zero-order valence-electron chi connectivity index (χ0n) is 9.66. The largest absolute Gasteiger partial charge is 0.396 e. The number of nitrogens with zero attached hydrogens (tertiary/aromatic N) is 2. The second kappa shape index (κ2) is 6.45. The van der Waals surface area contributed by atoms with Gasteiger partial charge in [-0.3, -0.25) is 4.68 Å². The van der Waals surface area contributed by atoms with Gasteiger partial charge < -0.3 is 10.4 Å². The second-order valence-corrected chi connectivity index (χ2v) is 3.73. The van der Waals surface area contributed by atoms with Crippen LogP contribution < -0.4 is 5.32 Å². The van der Waals surface area contributed by atoms with E-state index >= 15 is 0 Å². The SMILES string of the molecule is CCc1nn(C)cc1NCCCCCO. The summed E-state index contributed by atoms with van der Waals surface area (Å²) in [6.45, 7) is 3.37. The van der Waals surface area contributed by atoms with Crippen molar-refractivity contribution in [2.75, 3.05) is 18.5 Å². The number of aliphatic hydroxyl groups excluding tert-OH is 1. The number of hydrogen-bond donors (Lipinski definition) is 2. The predicted octanol–water partition coefficient (Wildman–Crippen LogP) is 1.56. The number of anilines is 1. The molecular formula is C11H21N3O. The minimum Gasteiger partial charge on any atom is -0.396 e. The summed E-state index contributed by atoms with van der Waals surface area (Å²) in [5, 5.41) is 16.4. The van der Waals surface area contributed by atoms with Crippen LogP contribution in [0.25, 0.3) is 0 Å². The monoisotopic (exact) mass is 211 g/mol. The Morgan fingerprint density at radius 3 is 2.87 bits per heavy atom. The molecule has 0 spiro atoms. The van der Waals surface area contributed by atoms with Crippen molar-refractivity contribution in [1.29, 1.82) is 0 Å². The van der Waals surface area contributed by atoms with Gasteiger partial charge in [-0.1, -0.05) is 6.92 Å². The molecule has 1 heterocycles. The molecule has 0 aromatic carbocycles. The third-order valence-corrected chi connectivity index (χ3v) is 2.39. The standard InChI is InChI=1S/C11H21N3O/c1-3-10-11(9-14(2)13-10)12-7-5-4-6-8-15/h9,12,15H,3-8H2,1-2H3. The summed E-state index contributed by atoms with van der Waals surface area (Å²) in [5.74, 6) is 0. The molecule has 2 N–H and O–H groups in total. The highest BCUT2D eigenvalue weighted by Crippen LogP contribution is 2.13. The lowest BCUT2D eigenvalue weighted by atomic mass is 10.2. The molecule has 0 aliphatic carbocycles. The predicted molar refractivity (Wildman–Crippen MR) is 62.0 cm³/mol. The van der Waals surface area contributed by atoms with Crippen molar-refractivity contribution in [1.82, 2.24) is 9.78 Å². The van der Waals surface area contributed by atoms with Crippen LogP contribution in [0.1, 0.15) is 31.9 Å². The molecule has 0 aliphatic rings. The van der Waals surface area contributed by atoms with E-state index in [2.05, 4.69) is 17.3 Å². The number of nitrogens with one attached hydrogen (secondary N) is 1. The van der Waals surface area contributed by atoms with Gasteiger partial charge in [0.05, 0.1) is 11.4 Å². The first-order valence-corrected chi connectivity index (χ1v) is 5.65. The molecule has 15 heavy (non-hydrogen) atoms. The lowest BCUT2D eigenvalue weighted by molar-refractivity contribution is 0.283. The molecule has 0 bridgehead atoms. The lowest BCUT2D eigenvalue weighted by Crippen LogP contribution is -2.02. The fourth-order valence-corrected chi connectivity index (χ4v) is 1.58. The molecule has 1 aromatic rings. The normalized spacial score (nSPS) is 10.6. The number of aliphatic hydroxyl groups is 1. The Morgan fingerprint density at radius 2 is 2.20 bits per heavy atom. The van der Waals surface area contributed by atoms with E-state index in [1.54, 1.807) is 0 Å². The Kier molecular flexibility index (Phi) is 5.18. The Balaban J connectivity index is 2.30. The molecule has 0 fully saturated rings. The maximum Gasteiger partial charge on any atom is 0.0853 e. The number of unbranched alkanes of at least 4 members (excludes halogenated alkanes) is 2. The molecule has 1 aromatic heterocycles. The van der Waals surface area contributed by atoms with Crippen LogP contribution in [0.15, 0.2) is 6.20 Å². The van der Waals surface area contributed by atoms with Crippen molar-refractivity contribution in [2.45, 2.75) is 32.6 Å². The van der Waals surface area contributed by atoms with Crippen molar-refractivity contribution in [3.63, 3.8) is 0 Å². The highest BCUT2D eigenvalue weighted by atomic mass is 16.2. The van der Waals surface area contributed by atoms with Crippen molar-refractivity contribution < 1.29 is 5.11 Å². The maximum atomic E-state index is 8.63. The first kappa shape index (κ1) is 12.0. The summed E-state index contributed by atoms with van der Waals surface area (Å²) in [6, 6.07) is 0. The van der Waals surface area contributed by atoms with Gasteiger partial charge >= 0.3 is 0 Å². The van der Waals surface area contributed by atoms with E-state index in [-0.39, 0.29) is 0 Å². The van der Waals surface area contributed by atoms with Crippen LogP contribution >= 0.6 is 0 Å². The van der Waals surface area contributed by atoms with Crippen LogP contribution in [0.4, 0.5) is 5.69 Å². The average Bonchev–Trinajstić information content (AvgIpc) is 2.59. The van der Waals surface area contributed by atoms with Gasteiger partial charge in [0.25, 0.3) is 0 Å². The first-order valence-electron chi connectivity index (χ1n) is 5.65. The molecule has 0 amide bonds. The van der Waals surface area contributed by atoms with E-state index in [1.807, 2.05) is 17.9 Å². The van der Waals surface area contributed by atoms with E-state index in [1.165, 1.54) is 0 Å². The van der Waals surface area contributed by atoms with Crippen molar-refractivity contribution >= 4 is 5.69 Å². The van der Waals surface area contributed by atoms with Crippen LogP contribution in [0.2, 0.25) is 0 Å². The van der Waals surface area contributed by atoms with Gasteiger partial charge in [-0.15, -0.1) is 0 Å². The number of hydrogen-bond acceptors (Lipinski definition) is 3. The number of aromatic nitrogens is 2. The quantitative estimate of drug-likeness (QED) is 0.673. The van der Waals surface area contributed by atoms with E-state index in [9.17, 15) is 0 Å². The van der Waals surface area contributed by atoms with Crippen LogP contribution in [-0.4, -0.2) is 28.0 Å². The molecule has 0 atom stereocenters. The summed E-state index contributed by atoms with van der Waals surface area (Å²) >= 11 is 0. The summed E-state index contributed by atoms with van der Waals surface area (Å²) in [6.07, 6.45) is 6.05. The molecule has 4 nitrogen and oxygen atoms in total. The highest BCUT2D eigenvalue weighted by molar-refractivity contribution is 5.46. The van der Waals surface area contributed by atoms with Gasteiger partial charge in [-0.2, -0.15) is 5.10 Å². The van der Waals surface area contributed by atoms with Gasteiger partial charge in [0.1, 0.15) is 0 Å². The van der Waals surface area contributed by atoms with Crippen molar-refractivity contribution in [2.24, 2.45) is 7.05 Å². The zero-order valence-corrected chi connectivity index (χ0v) is 9.66. The zero-order chi connectivity index (χ0) is 11.1. The van der Waals surface area contributed by atoms with Crippen molar-refractivity contribution in [3.05, 3.63) is 11.9 Å². The van der Waals surface area contributed by atoms with Crippen LogP contribution in [0.3, 0.4) is 0 Å². The number of rotatable bonds is 7. The second-order valence-electron chi connectivity index (χ2n) is 3.73. The molecular weight excluding hydrogens is 190 g/mol. The molecule has 86 valence electrons. The highest BCUT2D eigenvalue weighted by Gasteiger charge is 2.03. The maximum absolute atomic E-state index is 8.63. The Hall–Kier alpha value is -1.03. The summed E-state index contributed by atoms with van der Waals surface area (Å²) in [5.41, 5.74) is 2.27. The number of aryl methyl sites for hydroxylation is 2. The first-order chi connectivity index (χ1) is 7.27. The van der Waals surface area contributed by atoms with Gasteiger partial charge in [0.2, 0.25) is 0 Å². The summed E-state index contributed by atoms with van der Waals surface area (Å²) < 4.78 is 1.84. The fraction of sp³-hybridized carbons (Fsp3) is 0.727. The Morgan fingerprint density at radius 1 is 1.40 bits per heavy atom. The summed E-state index contributed by atoms with van der Waals surface area (Å²) in [4.78, 5) is 0. The van der Waals surface area contributed by atoms with Crippen LogP contribution in [-0.2, 0) is 13.5 Å².